The molecule has 1 aromatic rings. The minimum Gasteiger partial charge on any atom is -0.479 e. The molecule has 104 valence electrons. The van der Waals surface area contributed by atoms with Gasteiger partial charge in [-0.1, -0.05) is 15.9 Å². The minimum atomic E-state index is -1.61. The standard InChI is InChI=1S/C12H15BrN2O4/c1-6-3-8(13)4-7(2)10(6)15-12(19)14-5-9(16)11(17)18/h3-4,9,16H,5H2,1-2H3,(H,17,18)(H2,14,15,19). The number of rotatable bonds is 4. The molecule has 0 saturated heterocycles. The lowest BCUT2D eigenvalue weighted by molar-refractivity contribution is -0.146. The molecule has 0 spiro atoms. The number of halogens is 1. The second-order valence-electron chi connectivity index (χ2n) is 4.10. The summed E-state index contributed by atoms with van der Waals surface area (Å²) in [7, 11) is 0. The van der Waals surface area contributed by atoms with E-state index in [9.17, 15) is 9.59 Å². The first-order chi connectivity index (χ1) is 8.81. The van der Waals surface area contributed by atoms with E-state index in [2.05, 4.69) is 26.6 Å². The van der Waals surface area contributed by atoms with Gasteiger partial charge in [0.15, 0.2) is 6.10 Å². The van der Waals surface area contributed by atoms with E-state index in [0.717, 1.165) is 15.6 Å². The van der Waals surface area contributed by atoms with Crippen molar-refractivity contribution in [2.24, 2.45) is 0 Å². The molecule has 2 amide bonds. The molecule has 1 rings (SSSR count). The number of hydrogen-bond donors (Lipinski definition) is 4. The third kappa shape index (κ3) is 4.53. The number of aliphatic hydroxyl groups excluding tert-OH is 1. The van der Waals surface area contributed by atoms with E-state index in [1.54, 1.807) is 0 Å². The highest BCUT2D eigenvalue weighted by Crippen LogP contribution is 2.24. The first-order valence-electron chi connectivity index (χ1n) is 5.53. The number of amides is 2. The van der Waals surface area contributed by atoms with Crippen molar-refractivity contribution in [3.8, 4) is 0 Å². The van der Waals surface area contributed by atoms with Crippen molar-refractivity contribution in [1.82, 2.24) is 5.32 Å². The van der Waals surface area contributed by atoms with Crippen molar-refractivity contribution in [3.63, 3.8) is 0 Å². The van der Waals surface area contributed by atoms with Crippen LogP contribution in [0.4, 0.5) is 10.5 Å². The van der Waals surface area contributed by atoms with Gasteiger partial charge in [-0.15, -0.1) is 0 Å². The Labute approximate surface area is 118 Å². The predicted molar refractivity (Wildman–Crippen MR) is 74.3 cm³/mol. The van der Waals surface area contributed by atoms with Gasteiger partial charge in [0.1, 0.15) is 0 Å². The number of benzene rings is 1. The van der Waals surface area contributed by atoms with E-state index >= 15 is 0 Å². The molecule has 1 unspecified atom stereocenters. The normalized spacial score (nSPS) is 11.8. The quantitative estimate of drug-likeness (QED) is 0.674. The van der Waals surface area contributed by atoms with Gasteiger partial charge in [-0.3, -0.25) is 0 Å². The number of carboxylic acid groups (broad SMARTS) is 1. The summed E-state index contributed by atoms with van der Waals surface area (Å²) in [5.41, 5.74) is 2.41. The van der Waals surface area contributed by atoms with Gasteiger partial charge in [0.2, 0.25) is 0 Å². The molecule has 0 aliphatic carbocycles. The molecule has 4 N–H and O–H groups in total. The Balaban J connectivity index is 2.65. The van der Waals surface area contributed by atoms with Crippen LogP contribution < -0.4 is 10.6 Å². The number of nitrogens with one attached hydrogen (secondary N) is 2. The third-order valence-electron chi connectivity index (χ3n) is 2.48. The summed E-state index contributed by atoms with van der Waals surface area (Å²) < 4.78 is 0.912. The number of aliphatic hydroxyl groups is 1. The molecule has 0 saturated carbocycles. The molecule has 0 aliphatic rings. The van der Waals surface area contributed by atoms with Crippen molar-refractivity contribution in [3.05, 3.63) is 27.7 Å². The zero-order valence-corrected chi connectivity index (χ0v) is 12.1. The van der Waals surface area contributed by atoms with Crippen LogP contribution in [0.1, 0.15) is 11.1 Å². The van der Waals surface area contributed by atoms with E-state index in [-0.39, 0.29) is 6.54 Å². The second-order valence-corrected chi connectivity index (χ2v) is 5.02. The maximum atomic E-state index is 11.6. The molecule has 0 aliphatic heterocycles. The van der Waals surface area contributed by atoms with E-state index in [1.165, 1.54) is 0 Å². The maximum Gasteiger partial charge on any atom is 0.334 e. The molecule has 6 nitrogen and oxygen atoms in total. The van der Waals surface area contributed by atoms with Gasteiger partial charge in [0.05, 0.1) is 6.54 Å². The first-order valence-corrected chi connectivity index (χ1v) is 6.33. The molecular formula is C12H15BrN2O4. The van der Waals surface area contributed by atoms with Gasteiger partial charge in [0, 0.05) is 10.2 Å². The van der Waals surface area contributed by atoms with Crippen LogP contribution in [0.3, 0.4) is 0 Å². The average molecular weight is 331 g/mol. The summed E-state index contributed by atoms with van der Waals surface area (Å²) >= 11 is 3.35. The Kier molecular flexibility index (Phi) is 5.31. The molecule has 19 heavy (non-hydrogen) atoms. The smallest absolute Gasteiger partial charge is 0.334 e. The number of urea groups is 1. The molecule has 1 atom stereocenters. The highest BCUT2D eigenvalue weighted by molar-refractivity contribution is 9.10. The van der Waals surface area contributed by atoms with Gasteiger partial charge < -0.3 is 20.8 Å². The molecular weight excluding hydrogens is 316 g/mol. The van der Waals surface area contributed by atoms with Gasteiger partial charge >= 0.3 is 12.0 Å². The Morgan fingerprint density at radius 1 is 1.32 bits per heavy atom. The number of carbonyl (C=O) groups excluding carboxylic acids is 1. The molecule has 1 aromatic carbocycles. The van der Waals surface area contributed by atoms with E-state index in [4.69, 9.17) is 10.2 Å². The van der Waals surface area contributed by atoms with Crippen LogP contribution in [-0.2, 0) is 4.79 Å². The fraction of sp³-hybridized carbons (Fsp3) is 0.333. The van der Waals surface area contributed by atoms with E-state index < -0.39 is 18.1 Å². The predicted octanol–water partition coefficient (Wildman–Crippen LogP) is 1.63. The van der Waals surface area contributed by atoms with Crippen molar-refractivity contribution in [2.45, 2.75) is 20.0 Å². The number of anilines is 1. The number of carboxylic acids is 1. The fourth-order valence-electron chi connectivity index (χ4n) is 1.54. The molecule has 0 aromatic heterocycles. The lowest BCUT2D eigenvalue weighted by Gasteiger charge is -2.13. The highest BCUT2D eigenvalue weighted by atomic mass is 79.9. The van der Waals surface area contributed by atoms with Crippen molar-refractivity contribution in [2.75, 3.05) is 11.9 Å². The Bertz CT molecular complexity index is 481. The van der Waals surface area contributed by atoms with Crippen LogP contribution in [0, 0.1) is 13.8 Å². The summed E-state index contributed by atoms with van der Waals surface area (Å²) in [6.45, 7) is 3.34. The number of carbonyl (C=O) groups is 2. The molecule has 0 radical (unpaired) electrons. The second kappa shape index (κ2) is 6.53. The van der Waals surface area contributed by atoms with E-state index in [0.29, 0.717) is 5.69 Å². The topological polar surface area (TPSA) is 98.7 Å². The van der Waals surface area contributed by atoms with Crippen LogP contribution >= 0.6 is 15.9 Å². The fourth-order valence-corrected chi connectivity index (χ4v) is 2.23. The summed E-state index contributed by atoms with van der Waals surface area (Å²) in [6.07, 6.45) is -1.61. The number of aliphatic carboxylic acids is 1. The highest BCUT2D eigenvalue weighted by Gasteiger charge is 2.15. The molecule has 0 fully saturated rings. The lowest BCUT2D eigenvalue weighted by atomic mass is 10.1. The van der Waals surface area contributed by atoms with Gasteiger partial charge in [-0.2, -0.15) is 0 Å². The largest absolute Gasteiger partial charge is 0.479 e. The van der Waals surface area contributed by atoms with Crippen LogP contribution in [-0.4, -0.2) is 34.9 Å². The van der Waals surface area contributed by atoms with Crippen molar-refractivity contribution in [1.29, 1.82) is 0 Å². The summed E-state index contributed by atoms with van der Waals surface area (Å²) in [4.78, 5) is 22.0. The molecule has 7 heteroatoms. The van der Waals surface area contributed by atoms with Crippen LogP contribution in [0.15, 0.2) is 16.6 Å². The zero-order chi connectivity index (χ0) is 14.6. The van der Waals surface area contributed by atoms with Gasteiger partial charge in [-0.05, 0) is 37.1 Å². The SMILES string of the molecule is Cc1cc(Br)cc(C)c1NC(=O)NCC(O)C(=O)O. The number of hydrogen-bond acceptors (Lipinski definition) is 3. The molecule has 0 bridgehead atoms. The maximum absolute atomic E-state index is 11.6. The Morgan fingerprint density at radius 3 is 2.32 bits per heavy atom. The minimum absolute atomic E-state index is 0.351. The van der Waals surface area contributed by atoms with Crippen LogP contribution in [0.2, 0.25) is 0 Å². The average Bonchev–Trinajstić information content (AvgIpc) is 2.30. The zero-order valence-electron chi connectivity index (χ0n) is 10.5. The van der Waals surface area contributed by atoms with Crippen LogP contribution in [0.25, 0.3) is 0 Å². The lowest BCUT2D eigenvalue weighted by Crippen LogP contribution is -2.38. The monoisotopic (exact) mass is 330 g/mol. The summed E-state index contributed by atoms with van der Waals surface area (Å²) in [5, 5.41) is 22.4. The third-order valence-corrected chi connectivity index (χ3v) is 2.93. The van der Waals surface area contributed by atoms with Gasteiger partial charge in [0.25, 0.3) is 0 Å². The first kappa shape index (κ1) is 15.5. The van der Waals surface area contributed by atoms with Gasteiger partial charge in [-0.25, -0.2) is 9.59 Å². The Hall–Kier alpha value is -1.60. The van der Waals surface area contributed by atoms with Crippen molar-refractivity contribution < 1.29 is 19.8 Å². The van der Waals surface area contributed by atoms with Crippen LogP contribution in [0.5, 0.6) is 0 Å². The summed E-state index contributed by atoms with van der Waals surface area (Å²) in [5.74, 6) is -1.38. The summed E-state index contributed by atoms with van der Waals surface area (Å²) in [6, 6.07) is 3.15. The van der Waals surface area contributed by atoms with Crippen molar-refractivity contribution >= 4 is 33.6 Å². The van der Waals surface area contributed by atoms with E-state index in [1.807, 2.05) is 26.0 Å². The number of aryl methyl sites for hydroxylation is 2. The Morgan fingerprint density at radius 2 is 1.84 bits per heavy atom. The molecule has 0 heterocycles.